The van der Waals surface area contributed by atoms with Crippen LogP contribution in [0.4, 0.5) is 10.1 Å². The van der Waals surface area contributed by atoms with Crippen molar-refractivity contribution in [1.29, 1.82) is 0 Å². The second kappa shape index (κ2) is 6.17. The van der Waals surface area contributed by atoms with Gasteiger partial charge >= 0.3 is 0 Å². The van der Waals surface area contributed by atoms with Gasteiger partial charge in [0, 0.05) is 24.2 Å². The molecule has 1 aromatic rings. The average molecular weight is 295 g/mol. The third-order valence-electron chi connectivity index (χ3n) is 3.83. The van der Waals surface area contributed by atoms with Crippen molar-refractivity contribution >= 4 is 11.6 Å². The summed E-state index contributed by atoms with van der Waals surface area (Å²) in [6.07, 6.45) is 3.51. The van der Waals surface area contributed by atoms with Crippen molar-refractivity contribution in [2.75, 3.05) is 0 Å². The van der Waals surface area contributed by atoms with Gasteiger partial charge in [-0.2, -0.15) is 0 Å². The van der Waals surface area contributed by atoms with Gasteiger partial charge in [0.2, 0.25) is 0 Å². The molecule has 0 aromatic heterocycles. The van der Waals surface area contributed by atoms with Gasteiger partial charge in [0.05, 0.1) is 10.5 Å². The fourth-order valence-electron chi connectivity index (χ4n) is 2.61. The number of nitrogens with one attached hydrogen (secondary N) is 1. The van der Waals surface area contributed by atoms with E-state index in [0.29, 0.717) is 0 Å². The normalized spacial score (nSPS) is 21.9. The van der Waals surface area contributed by atoms with Crippen LogP contribution in [-0.2, 0) is 0 Å². The van der Waals surface area contributed by atoms with Crippen molar-refractivity contribution in [3.05, 3.63) is 39.2 Å². The van der Waals surface area contributed by atoms with Crippen LogP contribution in [0.5, 0.6) is 0 Å². The topological polar surface area (TPSA) is 98.3 Å². The lowest BCUT2D eigenvalue weighted by Gasteiger charge is -2.29. The lowest BCUT2D eigenvalue weighted by atomic mass is 9.91. The highest BCUT2D eigenvalue weighted by Gasteiger charge is 2.26. The number of nitrogens with zero attached hydrogens (tertiary/aromatic N) is 1. The minimum atomic E-state index is -0.734. The Labute approximate surface area is 121 Å². The summed E-state index contributed by atoms with van der Waals surface area (Å²) in [5.74, 6) is -1.39. The van der Waals surface area contributed by atoms with E-state index >= 15 is 0 Å². The van der Waals surface area contributed by atoms with Crippen molar-refractivity contribution in [3.8, 4) is 0 Å². The molecule has 21 heavy (non-hydrogen) atoms. The zero-order valence-electron chi connectivity index (χ0n) is 11.8. The second-order valence-electron chi connectivity index (χ2n) is 5.41. The molecular weight excluding hydrogens is 277 g/mol. The molecule has 2 unspecified atom stereocenters. The quantitative estimate of drug-likeness (QED) is 0.658. The van der Waals surface area contributed by atoms with E-state index in [2.05, 4.69) is 5.32 Å². The van der Waals surface area contributed by atoms with Crippen LogP contribution >= 0.6 is 0 Å². The van der Waals surface area contributed by atoms with E-state index in [1.165, 1.54) is 6.92 Å². The number of rotatable bonds is 3. The van der Waals surface area contributed by atoms with E-state index in [4.69, 9.17) is 5.73 Å². The molecule has 3 N–H and O–H groups in total. The Kier molecular flexibility index (Phi) is 4.52. The number of nitro groups is 1. The molecule has 2 rings (SSSR count). The number of nitrogens with two attached hydrogens (primary N) is 1. The molecule has 0 spiro atoms. The number of aryl methyl sites for hydroxylation is 1. The number of amides is 1. The summed E-state index contributed by atoms with van der Waals surface area (Å²) in [6, 6.07) is 1.69. The Bertz CT molecular complexity index is 577. The largest absolute Gasteiger partial charge is 0.348 e. The van der Waals surface area contributed by atoms with Crippen LogP contribution in [0.2, 0.25) is 0 Å². The zero-order valence-corrected chi connectivity index (χ0v) is 11.8. The van der Waals surface area contributed by atoms with E-state index in [1.807, 2.05) is 0 Å². The molecule has 114 valence electrons. The smallest absolute Gasteiger partial charge is 0.270 e. The number of nitro benzene ring substituents is 1. The van der Waals surface area contributed by atoms with Crippen molar-refractivity contribution < 1.29 is 14.1 Å². The first kappa shape index (κ1) is 15.4. The first-order chi connectivity index (χ1) is 9.90. The van der Waals surface area contributed by atoms with Crippen LogP contribution in [-0.4, -0.2) is 22.9 Å². The number of hydrogen-bond donors (Lipinski definition) is 2. The van der Waals surface area contributed by atoms with Gasteiger partial charge in [0.25, 0.3) is 11.6 Å². The molecule has 0 bridgehead atoms. The van der Waals surface area contributed by atoms with Gasteiger partial charge in [-0.3, -0.25) is 14.9 Å². The van der Waals surface area contributed by atoms with E-state index < -0.39 is 16.6 Å². The standard InChI is InChI=1S/C14H18FN3O3/c1-8-6-9(18(20)21)7-10(13(8)15)14(19)17-12-5-3-2-4-11(12)16/h6-7,11-12H,2-5,16H2,1H3,(H,17,19). The Morgan fingerprint density at radius 2 is 2.10 bits per heavy atom. The summed E-state index contributed by atoms with van der Waals surface area (Å²) in [5.41, 5.74) is 5.40. The summed E-state index contributed by atoms with van der Waals surface area (Å²) in [4.78, 5) is 22.3. The fraction of sp³-hybridized carbons (Fsp3) is 0.500. The number of halogens is 1. The van der Waals surface area contributed by atoms with Crippen molar-refractivity contribution in [3.63, 3.8) is 0 Å². The molecule has 0 radical (unpaired) electrons. The third kappa shape index (κ3) is 3.36. The van der Waals surface area contributed by atoms with Crippen LogP contribution in [0.15, 0.2) is 12.1 Å². The Hall–Kier alpha value is -2.02. The monoisotopic (exact) mass is 295 g/mol. The predicted molar refractivity (Wildman–Crippen MR) is 75.5 cm³/mol. The summed E-state index contributed by atoms with van der Waals surface area (Å²) < 4.78 is 14.0. The van der Waals surface area contributed by atoms with Crippen LogP contribution in [0, 0.1) is 22.9 Å². The molecule has 2 atom stereocenters. The summed E-state index contributed by atoms with van der Waals surface area (Å²) in [7, 11) is 0. The fourth-order valence-corrected chi connectivity index (χ4v) is 2.61. The average Bonchev–Trinajstić information content (AvgIpc) is 2.43. The minimum Gasteiger partial charge on any atom is -0.348 e. The predicted octanol–water partition coefficient (Wildman–Crippen LogP) is 2.04. The molecule has 7 heteroatoms. The molecule has 1 amide bonds. The number of carbonyl (C=O) groups excluding carboxylic acids is 1. The van der Waals surface area contributed by atoms with Crippen LogP contribution in [0.1, 0.15) is 41.6 Å². The molecular formula is C14H18FN3O3. The molecule has 1 aliphatic carbocycles. The van der Waals surface area contributed by atoms with Gasteiger partial charge in [-0.25, -0.2) is 4.39 Å². The highest BCUT2D eigenvalue weighted by atomic mass is 19.1. The van der Waals surface area contributed by atoms with Gasteiger partial charge in [0.1, 0.15) is 5.82 Å². The van der Waals surface area contributed by atoms with E-state index in [-0.39, 0.29) is 28.9 Å². The summed E-state index contributed by atoms with van der Waals surface area (Å²) in [5, 5.41) is 13.5. The molecule has 0 saturated heterocycles. The lowest BCUT2D eigenvalue weighted by Crippen LogP contribution is -2.49. The zero-order chi connectivity index (χ0) is 15.6. The first-order valence-corrected chi connectivity index (χ1v) is 6.91. The lowest BCUT2D eigenvalue weighted by molar-refractivity contribution is -0.385. The van der Waals surface area contributed by atoms with Gasteiger partial charge in [0.15, 0.2) is 0 Å². The van der Waals surface area contributed by atoms with E-state index in [1.54, 1.807) is 0 Å². The SMILES string of the molecule is Cc1cc([N+](=O)[O-])cc(C(=O)NC2CCCCC2N)c1F. The van der Waals surface area contributed by atoms with Crippen LogP contribution in [0.3, 0.4) is 0 Å². The van der Waals surface area contributed by atoms with Gasteiger partial charge in [-0.05, 0) is 25.3 Å². The van der Waals surface area contributed by atoms with E-state index in [0.717, 1.165) is 37.8 Å². The number of carbonyl (C=O) groups is 1. The highest BCUT2D eigenvalue weighted by molar-refractivity contribution is 5.95. The van der Waals surface area contributed by atoms with Crippen molar-refractivity contribution in [2.24, 2.45) is 5.73 Å². The number of non-ortho nitro benzene ring substituents is 1. The molecule has 6 nitrogen and oxygen atoms in total. The van der Waals surface area contributed by atoms with Gasteiger partial charge in [-0.1, -0.05) is 12.8 Å². The van der Waals surface area contributed by atoms with Gasteiger partial charge < -0.3 is 11.1 Å². The first-order valence-electron chi connectivity index (χ1n) is 6.91. The molecule has 0 aliphatic heterocycles. The van der Waals surface area contributed by atoms with E-state index in [9.17, 15) is 19.3 Å². The minimum absolute atomic E-state index is 0.0716. The Morgan fingerprint density at radius 1 is 1.43 bits per heavy atom. The Balaban J connectivity index is 2.24. The second-order valence-corrected chi connectivity index (χ2v) is 5.41. The number of benzene rings is 1. The van der Waals surface area contributed by atoms with Crippen molar-refractivity contribution in [2.45, 2.75) is 44.7 Å². The molecule has 1 saturated carbocycles. The molecule has 1 aromatic carbocycles. The summed E-state index contributed by atoms with van der Waals surface area (Å²) >= 11 is 0. The maximum atomic E-state index is 14.0. The molecule has 0 heterocycles. The summed E-state index contributed by atoms with van der Waals surface area (Å²) in [6.45, 7) is 1.39. The van der Waals surface area contributed by atoms with Crippen LogP contribution in [0.25, 0.3) is 0 Å². The maximum absolute atomic E-state index is 14.0. The molecule has 1 aliphatic rings. The van der Waals surface area contributed by atoms with Crippen LogP contribution < -0.4 is 11.1 Å². The maximum Gasteiger partial charge on any atom is 0.270 e. The van der Waals surface area contributed by atoms with Gasteiger partial charge in [-0.15, -0.1) is 0 Å². The van der Waals surface area contributed by atoms with Crippen molar-refractivity contribution in [1.82, 2.24) is 5.32 Å². The molecule has 1 fully saturated rings. The highest BCUT2D eigenvalue weighted by Crippen LogP contribution is 2.22. The Morgan fingerprint density at radius 3 is 2.71 bits per heavy atom. The number of hydrogen-bond acceptors (Lipinski definition) is 4. The third-order valence-corrected chi connectivity index (χ3v) is 3.83.